The topological polar surface area (TPSA) is 73.2 Å². The Morgan fingerprint density at radius 1 is 1.32 bits per heavy atom. The standard InChI is InChI=1S/C23H25N3O3S2/c1-3-13-26-22(28)20-17-7-5-6-8-18(17)31-21(20)25-23(26)30-14-19(27)24-15-9-11-16(12-10-15)29-4-2/h3,9-12H,1,4-8,13-14H2,2H3,(H,24,27). The van der Waals surface area contributed by atoms with Gasteiger partial charge in [0, 0.05) is 17.1 Å². The summed E-state index contributed by atoms with van der Waals surface area (Å²) >= 11 is 2.90. The van der Waals surface area contributed by atoms with Crippen molar-refractivity contribution in [3.8, 4) is 5.75 Å². The van der Waals surface area contributed by atoms with E-state index in [0.717, 1.165) is 41.6 Å². The van der Waals surface area contributed by atoms with E-state index in [0.29, 0.717) is 24.0 Å². The Morgan fingerprint density at radius 2 is 2.10 bits per heavy atom. The number of hydrogen-bond acceptors (Lipinski definition) is 6. The first kappa shape index (κ1) is 21.6. The van der Waals surface area contributed by atoms with Crippen molar-refractivity contribution in [2.45, 2.75) is 44.3 Å². The molecule has 0 saturated carbocycles. The lowest BCUT2D eigenvalue weighted by Gasteiger charge is -2.12. The second kappa shape index (κ2) is 9.70. The van der Waals surface area contributed by atoms with Crippen molar-refractivity contribution in [3.05, 3.63) is 57.7 Å². The van der Waals surface area contributed by atoms with E-state index in [1.165, 1.54) is 22.2 Å². The van der Waals surface area contributed by atoms with Crippen molar-refractivity contribution in [2.24, 2.45) is 0 Å². The summed E-state index contributed by atoms with van der Waals surface area (Å²) < 4.78 is 7.05. The van der Waals surface area contributed by atoms with E-state index < -0.39 is 0 Å². The van der Waals surface area contributed by atoms with Crippen LogP contribution in [-0.2, 0) is 24.2 Å². The largest absolute Gasteiger partial charge is 0.494 e. The van der Waals surface area contributed by atoms with Crippen LogP contribution in [0.5, 0.6) is 5.75 Å². The monoisotopic (exact) mass is 455 g/mol. The number of rotatable bonds is 8. The van der Waals surface area contributed by atoms with E-state index in [4.69, 9.17) is 9.72 Å². The number of nitrogens with one attached hydrogen (secondary N) is 1. The molecule has 162 valence electrons. The molecular weight excluding hydrogens is 430 g/mol. The third-order valence-electron chi connectivity index (χ3n) is 5.13. The van der Waals surface area contributed by atoms with E-state index in [1.54, 1.807) is 22.0 Å². The first-order valence-electron chi connectivity index (χ1n) is 10.4. The molecule has 8 heteroatoms. The second-order valence-corrected chi connectivity index (χ2v) is 9.31. The maximum absolute atomic E-state index is 13.2. The van der Waals surface area contributed by atoms with Crippen LogP contribution in [0.2, 0.25) is 0 Å². The summed E-state index contributed by atoms with van der Waals surface area (Å²) in [4.78, 5) is 32.6. The highest BCUT2D eigenvalue weighted by Crippen LogP contribution is 2.34. The number of aryl methyl sites for hydroxylation is 2. The zero-order valence-corrected chi connectivity index (χ0v) is 19.1. The van der Waals surface area contributed by atoms with Crippen LogP contribution in [0, 0.1) is 0 Å². The molecule has 1 N–H and O–H groups in total. The highest BCUT2D eigenvalue weighted by atomic mass is 32.2. The third-order valence-corrected chi connectivity index (χ3v) is 7.30. The van der Waals surface area contributed by atoms with Crippen molar-refractivity contribution < 1.29 is 9.53 Å². The normalized spacial score (nSPS) is 13.1. The third kappa shape index (κ3) is 4.70. The van der Waals surface area contributed by atoms with Gasteiger partial charge in [0.1, 0.15) is 10.6 Å². The van der Waals surface area contributed by atoms with E-state index in [-0.39, 0.29) is 17.2 Å². The number of carbonyl (C=O) groups excluding carboxylic acids is 1. The van der Waals surface area contributed by atoms with Crippen LogP contribution >= 0.6 is 23.1 Å². The summed E-state index contributed by atoms with van der Waals surface area (Å²) in [6.07, 6.45) is 5.93. The van der Waals surface area contributed by atoms with Crippen molar-refractivity contribution in [3.63, 3.8) is 0 Å². The fraction of sp³-hybridized carbons (Fsp3) is 0.348. The van der Waals surface area contributed by atoms with E-state index >= 15 is 0 Å². The number of amides is 1. The molecule has 0 saturated heterocycles. The van der Waals surface area contributed by atoms with Gasteiger partial charge in [0.05, 0.1) is 17.7 Å². The molecule has 1 amide bonds. The van der Waals surface area contributed by atoms with Crippen LogP contribution in [-0.4, -0.2) is 27.8 Å². The number of ether oxygens (including phenoxy) is 1. The summed E-state index contributed by atoms with van der Waals surface area (Å²) in [6.45, 7) is 6.67. The highest BCUT2D eigenvalue weighted by molar-refractivity contribution is 7.99. The maximum Gasteiger partial charge on any atom is 0.263 e. The number of anilines is 1. The molecule has 0 radical (unpaired) electrons. The van der Waals surface area contributed by atoms with Crippen molar-refractivity contribution in [1.29, 1.82) is 0 Å². The molecule has 31 heavy (non-hydrogen) atoms. The van der Waals surface area contributed by atoms with Crippen molar-refractivity contribution >= 4 is 44.9 Å². The van der Waals surface area contributed by atoms with Gasteiger partial charge in [0.2, 0.25) is 5.91 Å². The highest BCUT2D eigenvalue weighted by Gasteiger charge is 2.22. The molecule has 0 spiro atoms. The molecule has 1 aliphatic carbocycles. The van der Waals surface area contributed by atoms with Gasteiger partial charge in [-0.1, -0.05) is 17.8 Å². The molecule has 3 aromatic rings. The molecule has 1 aliphatic rings. The molecule has 1 aromatic carbocycles. The summed E-state index contributed by atoms with van der Waals surface area (Å²) in [7, 11) is 0. The Hall–Kier alpha value is -2.58. The lowest BCUT2D eigenvalue weighted by atomic mass is 9.97. The minimum absolute atomic E-state index is 0.0290. The van der Waals surface area contributed by atoms with E-state index in [9.17, 15) is 9.59 Å². The predicted molar refractivity (Wildman–Crippen MR) is 128 cm³/mol. The van der Waals surface area contributed by atoms with Gasteiger partial charge in [-0.3, -0.25) is 14.2 Å². The first-order valence-corrected chi connectivity index (χ1v) is 12.2. The number of hydrogen-bond donors (Lipinski definition) is 1. The van der Waals surface area contributed by atoms with Gasteiger partial charge in [-0.25, -0.2) is 4.98 Å². The SMILES string of the molecule is C=CCn1c(SCC(=O)Nc2ccc(OCC)cc2)nc2sc3c(c2c1=O)CCCC3. The van der Waals surface area contributed by atoms with Gasteiger partial charge in [-0.05, 0) is 62.4 Å². The lowest BCUT2D eigenvalue weighted by molar-refractivity contribution is -0.113. The van der Waals surface area contributed by atoms with Crippen LogP contribution in [0.4, 0.5) is 5.69 Å². The number of thiophene rings is 1. The summed E-state index contributed by atoms with van der Waals surface area (Å²) in [5.41, 5.74) is 1.84. The molecule has 0 unspecified atom stereocenters. The van der Waals surface area contributed by atoms with Gasteiger partial charge in [-0.2, -0.15) is 0 Å². The summed E-state index contributed by atoms with van der Waals surface area (Å²) in [6, 6.07) is 7.26. The first-order chi connectivity index (χ1) is 15.1. The van der Waals surface area contributed by atoms with Crippen molar-refractivity contribution in [1.82, 2.24) is 9.55 Å². The Balaban J connectivity index is 1.53. The number of carbonyl (C=O) groups is 1. The Labute approximate surface area is 189 Å². The molecular formula is C23H25N3O3S2. The van der Waals surface area contributed by atoms with Gasteiger partial charge >= 0.3 is 0 Å². The summed E-state index contributed by atoms with van der Waals surface area (Å²) in [5, 5.41) is 4.18. The van der Waals surface area contributed by atoms with Crippen LogP contribution in [0.15, 0.2) is 46.9 Å². The fourth-order valence-electron chi connectivity index (χ4n) is 3.75. The van der Waals surface area contributed by atoms with E-state index in [2.05, 4.69) is 11.9 Å². The van der Waals surface area contributed by atoms with Crippen LogP contribution in [0.3, 0.4) is 0 Å². The molecule has 0 atom stereocenters. The zero-order chi connectivity index (χ0) is 21.8. The average Bonchev–Trinajstić information content (AvgIpc) is 3.14. The molecule has 0 fully saturated rings. The van der Waals surface area contributed by atoms with Crippen LogP contribution in [0.1, 0.15) is 30.2 Å². The predicted octanol–water partition coefficient (Wildman–Crippen LogP) is 4.65. The fourth-order valence-corrected chi connectivity index (χ4v) is 5.86. The number of benzene rings is 1. The van der Waals surface area contributed by atoms with Crippen molar-refractivity contribution in [2.75, 3.05) is 17.7 Å². The maximum atomic E-state index is 13.2. The van der Waals surface area contributed by atoms with Gasteiger partial charge in [0.25, 0.3) is 5.56 Å². The average molecular weight is 456 g/mol. The number of thioether (sulfide) groups is 1. The van der Waals surface area contributed by atoms with Gasteiger partial charge in [0.15, 0.2) is 5.16 Å². The van der Waals surface area contributed by atoms with Crippen LogP contribution in [0.25, 0.3) is 10.2 Å². The number of allylic oxidation sites excluding steroid dienone is 1. The Morgan fingerprint density at radius 3 is 2.84 bits per heavy atom. The minimum atomic E-state index is -0.154. The Kier molecular flexibility index (Phi) is 6.77. The molecule has 2 aromatic heterocycles. The number of fused-ring (bicyclic) bond motifs is 3. The minimum Gasteiger partial charge on any atom is -0.494 e. The molecule has 2 heterocycles. The zero-order valence-electron chi connectivity index (χ0n) is 17.5. The number of aromatic nitrogens is 2. The lowest BCUT2D eigenvalue weighted by Crippen LogP contribution is -2.24. The second-order valence-electron chi connectivity index (χ2n) is 7.28. The van der Waals surface area contributed by atoms with Gasteiger partial charge < -0.3 is 10.1 Å². The molecule has 0 bridgehead atoms. The summed E-state index contributed by atoms with van der Waals surface area (Å²) in [5.74, 6) is 0.770. The smallest absolute Gasteiger partial charge is 0.263 e. The Bertz CT molecular complexity index is 1170. The van der Waals surface area contributed by atoms with E-state index in [1.807, 2.05) is 31.2 Å². The van der Waals surface area contributed by atoms with Crippen LogP contribution < -0.4 is 15.6 Å². The molecule has 0 aliphatic heterocycles. The molecule has 6 nitrogen and oxygen atoms in total. The molecule has 4 rings (SSSR count). The quantitative estimate of drug-likeness (QED) is 0.304. The van der Waals surface area contributed by atoms with Gasteiger partial charge in [-0.15, -0.1) is 17.9 Å². The number of nitrogens with zero attached hydrogens (tertiary/aromatic N) is 2.